The van der Waals surface area contributed by atoms with E-state index in [1.807, 2.05) is 6.07 Å². The average Bonchev–Trinajstić information content (AvgIpc) is 2.43. The minimum Gasteiger partial charge on any atom is -0.260 e. The van der Waals surface area contributed by atoms with Crippen molar-refractivity contribution in [2.75, 3.05) is 6.54 Å². The molecule has 19 heavy (non-hydrogen) atoms. The first-order valence-corrected chi connectivity index (χ1v) is 8.54. The standard InChI is InChI=1S/C15H15Br2NS/c16-13-8-9-14(17)15(11-13)19-18-10-4-7-12-5-2-1-3-6-12/h1-3,5-6,8-9,11,18H,4,7,10H2. The highest BCUT2D eigenvalue weighted by Gasteiger charge is 2.01. The second-order valence-electron chi connectivity index (χ2n) is 4.16. The lowest BCUT2D eigenvalue weighted by Gasteiger charge is -2.06. The fourth-order valence-electron chi connectivity index (χ4n) is 1.69. The van der Waals surface area contributed by atoms with Gasteiger partial charge in [-0.2, -0.15) is 0 Å². The molecule has 100 valence electrons. The summed E-state index contributed by atoms with van der Waals surface area (Å²) >= 11 is 8.71. The van der Waals surface area contributed by atoms with Crippen LogP contribution in [-0.2, 0) is 6.42 Å². The fraction of sp³-hybridized carbons (Fsp3) is 0.200. The minimum absolute atomic E-state index is 0.999. The van der Waals surface area contributed by atoms with E-state index < -0.39 is 0 Å². The predicted octanol–water partition coefficient (Wildman–Crippen LogP) is 5.44. The van der Waals surface area contributed by atoms with Crippen molar-refractivity contribution in [2.45, 2.75) is 17.7 Å². The van der Waals surface area contributed by atoms with Gasteiger partial charge in [0.25, 0.3) is 0 Å². The Morgan fingerprint density at radius 2 is 1.79 bits per heavy atom. The van der Waals surface area contributed by atoms with Gasteiger partial charge in [-0.1, -0.05) is 46.3 Å². The van der Waals surface area contributed by atoms with Crippen LogP contribution in [0.1, 0.15) is 12.0 Å². The second kappa shape index (κ2) is 8.10. The lowest BCUT2D eigenvalue weighted by Crippen LogP contribution is -2.06. The van der Waals surface area contributed by atoms with Crippen molar-refractivity contribution in [2.24, 2.45) is 0 Å². The van der Waals surface area contributed by atoms with Crippen molar-refractivity contribution in [1.29, 1.82) is 0 Å². The van der Waals surface area contributed by atoms with Crippen molar-refractivity contribution in [1.82, 2.24) is 4.72 Å². The number of aryl methyl sites for hydroxylation is 1. The highest BCUT2D eigenvalue weighted by molar-refractivity contribution is 9.11. The second-order valence-corrected chi connectivity index (χ2v) is 6.86. The Hall–Kier alpha value is -0.290. The third-order valence-corrected chi connectivity index (χ3v) is 5.02. The molecule has 0 unspecified atom stereocenters. The lowest BCUT2D eigenvalue weighted by atomic mass is 10.1. The van der Waals surface area contributed by atoms with Crippen LogP contribution in [0.2, 0.25) is 0 Å². The quantitative estimate of drug-likeness (QED) is 0.511. The maximum Gasteiger partial charge on any atom is 0.0381 e. The fourth-order valence-corrected chi connectivity index (χ4v) is 3.45. The Balaban J connectivity index is 1.71. The van der Waals surface area contributed by atoms with E-state index >= 15 is 0 Å². The first-order valence-electron chi connectivity index (χ1n) is 6.14. The van der Waals surface area contributed by atoms with Crippen molar-refractivity contribution in [3.63, 3.8) is 0 Å². The summed E-state index contributed by atoms with van der Waals surface area (Å²) in [6.45, 7) is 0.999. The number of nitrogens with one attached hydrogen (secondary N) is 1. The Bertz CT molecular complexity index is 517. The monoisotopic (exact) mass is 399 g/mol. The normalized spacial score (nSPS) is 10.6. The summed E-state index contributed by atoms with van der Waals surface area (Å²) in [5.41, 5.74) is 1.40. The van der Waals surface area contributed by atoms with Gasteiger partial charge in [-0.15, -0.1) is 0 Å². The third-order valence-electron chi connectivity index (χ3n) is 2.66. The Labute approximate surface area is 135 Å². The van der Waals surface area contributed by atoms with E-state index in [4.69, 9.17) is 0 Å². The zero-order valence-electron chi connectivity index (χ0n) is 10.4. The van der Waals surface area contributed by atoms with Crippen molar-refractivity contribution in [3.05, 3.63) is 63.0 Å². The summed E-state index contributed by atoms with van der Waals surface area (Å²) in [5, 5.41) is 0. The van der Waals surface area contributed by atoms with Crippen LogP contribution in [0.3, 0.4) is 0 Å². The largest absolute Gasteiger partial charge is 0.260 e. The van der Waals surface area contributed by atoms with Gasteiger partial charge in [0.05, 0.1) is 0 Å². The van der Waals surface area contributed by atoms with Gasteiger partial charge in [0, 0.05) is 20.4 Å². The molecule has 0 aromatic heterocycles. The SMILES string of the molecule is Brc1ccc(Br)c(SNCCCc2ccccc2)c1. The van der Waals surface area contributed by atoms with Crippen molar-refractivity contribution in [3.8, 4) is 0 Å². The molecule has 0 aliphatic heterocycles. The molecule has 1 N–H and O–H groups in total. The maximum atomic E-state index is 3.55. The Morgan fingerprint density at radius 1 is 1.00 bits per heavy atom. The number of halogens is 2. The summed E-state index contributed by atoms with van der Waals surface area (Å²) in [4.78, 5) is 1.20. The molecule has 0 amide bonds. The third kappa shape index (κ3) is 5.30. The molecule has 0 saturated carbocycles. The van der Waals surface area contributed by atoms with Gasteiger partial charge < -0.3 is 0 Å². The Kier molecular flexibility index (Phi) is 6.44. The lowest BCUT2D eigenvalue weighted by molar-refractivity contribution is 0.797. The first-order chi connectivity index (χ1) is 9.25. The molecule has 0 saturated heterocycles. The average molecular weight is 401 g/mol. The van der Waals surface area contributed by atoms with Crippen LogP contribution in [0, 0.1) is 0 Å². The van der Waals surface area contributed by atoms with Gasteiger partial charge in [-0.25, -0.2) is 0 Å². The maximum absolute atomic E-state index is 3.55. The molecule has 0 fully saturated rings. The summed E-state index contributed by atoms with van der Waals surface area (Å²) in [6.07, 6.45) is 2.26. The van der Waals surface area contributed by atoms with E-state index in [9.17, 15) is 0 Å². The van der Waals surface area contributed by atoms with Crippen LogP contribution >= 0.6 is 43.8 Å². The smallest absolute Gasteiger partial charge is 0.0381 e. The highest BCUT2D eigenvalue weighted by Crippen LogP contribution is 2.28. The molecule has 2 aromatic rings. The first kappa shape index (κ1) is 15.1. The van der Waals surface area contributed by atoms with Gasteiger partial charge in [-0.05, 0) is 64.5 Å². The molecule has 0 atom stereocenters. The van der Waals surface area contributed by atoms with E-state index in [2.05, 4.69) is 79.0 Å². The number of hydrogen-bond donors (Lipinski definition) is 1. The van der Waals surface area contributed by atoms with Crippen LogP contribution in [0.4, 0.5) is 0 Å². The summed E-state index contributed by atoms with van der Waals surface area (Å²) in [7, 11) is 0. The summed E-state index contributed by atoms with van der Waals surface area (Å²) in [5.74, 6) is 0. The Morgan fingerprint density at radius 3 is 2.58 bits per heavy atom. The van der Waals surface area contributed by atoms with Gasteiger partial charge in [0.2, 0.25) is 0 Å². The number of hydrogen-bond acceptors (Lipinski definition) is 2. The molecule has 0 bridgehead atoms. The van der Waals surface area contributed by atoms with Gasteiger partial charge in [0.15, 0.2) is 0 Å². The molecule has 2 rings (SSSR count). The van der Waals surface area contributed by atoms with Crippen LogP contribution in [0.25, 0.3) is 0 Å². The van der Waals surface area contributed by atoms with Crippen molar-refractivity contribution < 1.29 is 0 Å². The molecular formula is C15H15Br2NS. The molecule has 0 aliphatic carbocycles. The molecule has 0 aliphatic rings. The minimum atomic E-state index is 0.999. The molecule has 1 nitrogen and oxygen atoms in total. The molecule has 0 heterocycles. The summed E-state index contributed by atoms with van der Waals surface area (Å²) < 4.78 is 5.63. The van der Waals surface area contributed by atoms with E-state index in [0.717, 1.165) is 28.3 Å². The van der Waals surface area contributed by atoms with E-state index in [1.54, 1.807) is 11.9 Å². The molecule has 0 spiro atoms. The zero-order valence-corrected chi connectivity index (χ0v) is 14.4. The van der Waals surface area contributed by atoms with Crippen LogP contribution in [-0.4, -0.2) is 6.54 Å². The predicted molar refractivity (Wildman–Crippen MR) is 90.5 cm³/mol. The van der Waals surface area contributed by atoms with E-state index in [-0.39, 0.29) is 0 Å². The highest BCUT2D eigenvalue weighted by atomic mass is 79.9. The van der Waals surface area contributed by atoms with Gasteiger partial charge in [0.1, 0.15) is 0 Å². The zero-order chi connectivity index (χ0) is 13.5. The summed E-state index contributed by atoms with van der Waals surface area (Å²) in [6, 6.07) is 16.8. The van der Waals surface area contributed by atoms with Crippen LogP contribution in [0.5, 0.6) is 0 Å². The van der Waals surface area contributed by atoms with Crippen LogP contribution in [0.15, 0.2) is 62.4 Å². The molecule has 0 radical (unpaired) electrons. The number of rotatable bonds is 6. The number of benzene rings is 2. The van der Waals surface area contributed by atoms with E-state index in [1.165, 1.54) is 10.5 Å². The molecule has 4 heteroatoms. The van der Waals surface area contributed by atoms with Gasteiger partial charge in [-0.3, -0.25) is 4.72 Å². The molecule has 2 aromatic carbocycles. The van der Waals surface area contributed by atoms with Crippen LogP contribution < -0.4 is 4.72 Å². The van der Waals surface area contributed by atoms with E-state index in [0.29, 0.717) is 0 Å². The van der Waals surface area contributed by atoms with Crippen molar-refractivity contribution >= 4 is 43.8 Å². The topological polar surface area (TPSA) is 12.0 Å². The van der Waals surface area contributed by atoms with Gasteiger partial charge >= 0.3 is 0 Å². The molecular weight excluding hydrogens is 386 g/mol.